The molecule has 0 aliphatic carbocycles. The van der Waals surface area contributed by atoms with Crippen LogP contribution in [0.25, 0.3) is 0 Å². The Labute approximate surface area is 180 Å². The third kappa shape index (κ3) is 6.28. The molecule has 0 aromatic heterocycles. The number of aliphatic hydroxyl groups excluding tert-OH is 1. The average molecular weight is 417 g/mol. The second kappa shape index (κ2) is 10.7. The average Bonchev–Trinajstić information content (AvgIpc) is 2.82. The fourth-order valence-corrected chi connectivity index (χ4v) is 2.65. The zero-order valence-corrected chi connectivity index (χ0v) is 17.3. The topological polar surface area (TPSA) is 99.2 Å². The fraction of sp³-hybridized carbons (Fsp3) is 0.174. The van der Waals surface area contributed by atoms with E-state index in [9.17, 15) is 4.79 Å². The highest BCUT2D eigenvalue weighted by molar-refractivity contribution is 5.89. The van der Waals surface area contributed by atoms with Gasteiger partial charge in [0.1, 0.15) is 0 Å². The van der Waals surface area contributed by atoms with Crippen LogP contribution in [0.15, 0.2) is 93.3 Å². The van der Waals surface area contributed by atoms with Gasteiger partial charge in [-0.25, -0.2) is 4.79 Å². The maximum Gasteiger partial charge on any atom is 0.337 e. The van der Waals surface area contributed by atoms with E-state index in [1.807, 2.05) is 48.3 Å². The highest BCUT2D eigenvalue weighted by atomic mass is 16.5. The third-order valence-corrected chi connectivity index (χ3v) is 4.43. The molecule has 3 aromatic carbocycles. The van der Waals surface area contributed by atoms with Crippen LogP contribution in [0.1, 0.15) is 10.4 Å². The van der Waals surface area contributed by atoms with Gasteiger partial charge in [-0.1, -0.05) is 0 Å². The van der Waals surface area contributed by atoms with Gasteiger partial charge in [-0.3, -0.25) is 0 Å². The van der Waals surface area contributed by atoms with Crippen LogP contribution >= 0.6 is 0 Å². The van der Waals surface area contributed by atoms with E-state index in [-0.39, 0.29) is 6.61 Å². The van der Waals surface area contributed by atoms with Gasteiger partial charge in [0, 0.05) is 19.3 Å². The minimum Gasteiger partial charge on any atom is -0.465 e. The van der Waals surface area contributed by atoms with Gasteiger partial charge in [0.15, 0.2) is 0 Å². The van der Waals surface area contributed by atoms with E-state index in [0.717, 1.165) is 11.4 Å². The molecule has 0 unspecified atom stereocenters. The van der Waals surface area contributed by atoms with Crippen molar-refractivity contribution in [2.45, 2.75) is 0 Å². The molecule has 0 saturated heterocycles. The Balaban J connectivity index is 1.59. The first-order valence-electron chi connectivity index (χ1n) is 9.63. The zero-order valence-electron chi connectivity index (χ0n) is 17.3. The summed E-state index contributed by atoms with van der Waals surface area (Å²) in [6.07, 6.45) is 0. The van der Waals surface area contributed by atoms with Gasteiger partial charge in [-0.15, -0.1) is 0 Å². The number of esters is 1. The lowest BCUT2D eigenvalue weighted by Gasteiger charge is -2.17. The summed E-state index contributed by atoms with van der Waals surface area (Å²) in [6, 6.07) is 21.5. The predicted molar refractivity (Wildman–Crippen MR) is 119 cm³/mol. The van der Waals surface area contributed by atoms with Crippen molar-refractivity contribution in [1.82, 2.24) is 0 Å². The fourth-order valence-electron chi connectivity index (χ4n) is 2.65. The van der Waals surface area contributed by atoms with E-state index in [1.54, 1.807) is 36.4 Å². The van der Waals surface area contributed by atoms with Crippen molar-refractivity contribution >= 4 is 34.4 Å². The number of benzene rings is 3. The number of rotatable bonds is 8. The summed E-state index contributed by atoms with van der Waals surface area (Å²) >= 11 is 0. The van der Waals surface area contributed by atoms with E-state index in [1.165, 1.54) is 7.11 Å². The monoisotopic (exact) mass is 417 g/mol. The second-order valence-corrected chi connectivity index (χ2v) is 6.62. The summed E-state index contributed by atoms with van der Waals surface area (Å²) in [6.45, 7) is 0.679. The molecule has 0 aliphatic heterocycles. The van der Waals surface area contributed by atoms with Crippen LogP contribution in [-0.2, 0) is 4.74 Å². The number of anilines is 1. The largest absolute Gasteiger partial charge is 0.465 e. The number of methoxy groups -OCH3 is 1. The van der Waals surface area contributed by atoms with Crippen molar-refractivity contribution in [2.24, 2.45) is 20.5 Å². The van der Waals surface area contributed by atoms with Gasteiger partial charge in [0.2, 0.25) is 0 Å². The quantitative estimate of drug-likeness (QED) is 0.373. The molecule has 0 atom stereocenters. The molecule has 158 valence electrons. The Morgan fingerprint density at radius 2 is 1.16 bits per heavy atom. The SMILES string of the molecule is COC(=O)c1ccc(N=Nc2ccc(N=Nc3ccc(N(C)CCO)cc3)cc2)cc1. The summed E-state index contributed by atoms with van der Waals surface area (Å²) in [5, 5.41) is 25.8. The third-order valence-electron chi connectivity index (χ3n) is 4.43. The Kier molecular flexibility index (Phi) is 7.56. The van der Waals surface area contributed by atoms with Crippen molar-refractivity contribution in [3.05, 3.63) is 78.4 Å². The molecule has 0 amide bonds. The lowest BCUT2D eigenvalue weighted by atomic mass is 10.2. The minimum atomic E-state index is -0.391. The first-order valence-corrected chi connectivity index (χ1v) is 9.63. The molecule has 8 nitrogen and oxygen atoms in total. The number of hydrogen-bond donors (Lipinski definition) is 1. The van der Waals surface area contributed by atoms with Crippen LogP contribution in [0.5, 0.6) is 0 Å². The van der Waals surface area contributed by atoms with Crippen molar-refractivity contribution in [3.8, 4) is 0 Å². The molecular weight excluding hydrogens is 394 g/mol. The molecule has 0 fully saturated rings. The first-order chi connectivity index (χ1) is 15.1. The van der Waals surface area contributed by atoms with Crippen molar-refractivity contribution in [3.63, 3.8) is 0 Å². The van der Waals surface area contributed by atoms with E-state index < -0.39 is 5.97 Å². The molecule has 0 saturated carbocycles. The van der Waals surface area contributed by atoms with Gasteiger partial charge in [-0.2, -0.15) is 20.5 Å². The normalized spacial score (nSPS) is 11.2. The van der Waals surface area contributed by atoms with Crippen LogP contribution in [-0.4, -0.2) is 38.4 Å². The molecule has 3 aromatic rings. The number of hydrogen-bond acceptors (Lipinski definition) is 8. The molecule has 0 heterocycles. The van der Waals surface area contributed by atoms with E-state index >= 15 is 0 Å². The molecular formula is C23H23N5O3. The van der Waals surface area contributed by atoms with Crippen LogP contribution < -0.4 is 4.90 Å². The molecule has 0 spiro atoms. The Hall–Kier alpha value is -3.91. The Morgan fingerprint density at radius 3 is 1.55 bits per heavy atom. The van der Waals surface area contributed by atoms with Gasteiger partial charge in [0.25, 0.3) is 0 Å². The summed E-state index contributed by atoms with van der Waals surface area (Å²) in [7, 11) is 3.26. The van der Waals surface area contributed by atoms with Crippen LogP contribution in [0.3, 0.4) is 0 Å². The van der Waals surface area contributed by atoms with Crippen molar-refractivity contribution < 1.29 is 14.6 Å². The van der Waals surface area contributed by atoms with Crippen LogP contribution in [0, 0.1) is 0 Å². The van der Waals surface area contributed by atoms with E-state index in [0.29, 0.717) is 29.2 Å². The van der Waals surface area contributed by atoms with Gasteiger partial charge in [0.05, 0.1) is 42.0 Å². The molecule has 0 bridgehead atoms. The summed E-state index contributed by atoms with van der Waals surface area (Å²) in [5.74, 6) is -0.391. The highest BCUT2D eigenvalue weighted by Gasteiger charge is 2.04. The first kappa shape index (κ1) is 21.8. The van der Waals surface area contributed by atoms with Gasteiger partial charge in [-0.05, 0) is 72.8 Å². The molecule has 3 rings (SSSR count). The molecule has 8 heteroatoms. The van der Waals surface area contributed by atoms with Crippen LogP contribution in [0.2, 0.25) is 0 Å². The maximum absolute atomic E-state index is 11.4. The summed E-state index contributed by atoms with van der Waals surface area (Å²) < 4.78 is 4.67. The standard InChI is InChI=1S/C23H23N5O3/c1-28(15-16-29)22-13-11-21(12-14-22)27-26-20-9-7-19(8-10-20)25-24-18-5-3-17(4-6-18)23(30)31-2/h3-14,29H,15-16H2,1-2H3. The number of ether oxygens (including phenoxy) is 1. The predicted octanol–water partition coefficient (Wildman–Crippen LogP) is 5.73. The van der Waals surface area contributed by atoms with Gasteiger partial charge < -0.3 is 14.7 Å². The Bertz CT molecular complexity index is 1050. The zero-order chi connectivity index (χ0) is 22.1. The lowest BCUT2D eigenvalue weighted by Crippen LogP contribution is -2.20. The number of nitrogens with zero attached hydrogens (tertiary/aromatic N) is 5. The van der Waals surface area contributed by atoms with Crippen LogP contribution in [0.4, 0.5) is 28.4 Å². The lowest BCUT2D eigenvalue weighted by molar-refractivity contribution is 0.0600. The molecule has 0 radical (unpaired) electrons. The number of azo groups is 2. The number of likely N-dealkylation sites (N-methyl/N-ethyl adjacent to an activating group) is 1. The molecule has 1 N–H and O–H groups in total. The highest BCUT2D eigenvalue weighted by Crippen LogP contribution is 2.24. The molecule has 31 heavy (non-hydrogen) atoms. The van der Waals surface area contributed by atoms with Gasteiger partial charge >= 0.3 is 5.97 Å². The van der Waals surface area contributed by atoms with E-state index in [4.69, 9.17) is 5.11 Å². The van der Waals surface area contributed by atoms with Crippen molar-refractivity contribution in [2.75, 3.05) is 32.2 Å². The van der Waals surface area contributed by atoms with Crippen molar-refractivity contribution in [1.29, 1.82) is 0 Å². The number of carbonyl (C=O) groups excluding carboxylic acids is 1. The summed E-state index contributed by atoms with van der Waals surface area (Å²) in [4.78, 5) is 13.4. The smallest absolute Gasteiger partial charge is 0.337 e. The van der Waals surface area contributed by atoms with E-state index in [2.05, 4.69) is 25.2 Å². The maximum atomic E-state index is 11.4. The number of aliphatic hydroxyl groups is 1. The Morgan fingerprint density at radius 1 is 0.774 bits per heavy atom. The second-order valence-electron chi connectivity index (χ2n) is 6.62. The molecule has 0 aliphatic rings. The minimum absolute atomic E-state index is 0.106. The summed E-state index contributed by atoms with van der Waals surface area (Å²) in [5.41, 5.74) is 4.20. The number of carbonyl (C=O) groups is 1.